The summed E-state index contributed by atoms with van der Waals surface area (Å²) in [4.78, 5) is 17.0. The van der Waals surface area contributed by atoms with Gasteiger partial charge in [-0.3, -0.25) is 9.89 Å². The monoisotopic (exact) mass is 385 g/mol. The highest BCUT2D eigenvalue weighted by atomic mass is 35.5. The largest absolute Gasteiger partial charge is 0.326 e. The smallest absolute Gasteiger partial charge is 0.231 e. The van der Waals surface area contributed by atoms with Crippen molar-refractivity contribution in [3.63, 3.8) is 0 Å². The topological polar surface area (TPSA) is 96.7 Å². The maximum Gasteiger partial charge on any atom is 0.231 e. The number of carbonyl (C=O) groups excluding carboxylic acids is 1. The number of nitrogens with two attached hydrogens (primary N) is 1. The zero-order chi connectivity index (χ0) is 18.4. The van der Waals surface area contributed by atoms with Gasteiger partial charge < -0.3 is 11.1 Å². The lowest BCUT2D eigenvalue weighted by Crippen LogP contribution is -2.21. The predicted molar refractivity (Wildman–Crippen MR) is 110 cm³/mol. The minimum Gasteiger partial charge on any atom is -0.326 e. The molecule has 0 saturated heterocycles. The summed E-state index contributed by atoms with van der Waals surface area (Å²) < 4.78 is 0. The quantitative estimate of drug-likeness (QED) is 0.575. The van der Waals surface area contributed by atoms with Crippen LogP contribution in [0.15, 0.2) is 54.6 Å². The third kappa shape index (κ3) is 5.15. The second-order valence-electron chi connectivity index (χ2n) is 6.13. The first-order chi connectivity index (χ1) is 12.7. The summed E-state index contributed by atoms with van der Waals surface area (Å²) >= 11 is 0. The number of aromatic amines is 1. The number of carbonyl (C=O) groups is 1. The molecule has 0 bridgehead atoms. The number of hydrogen-bond donors (Lipinski definition) is 3. The summed E-state index contributed by atoms with van der Waals surface area (Å²) in [5, 5.41) is 9.94. The van der Waals surface area contributed by atoms with E-state index in [1.54, 1.807) is 0 Å². The van der Waals surface area contributed by atoms with Crippen LogP contribution in [0.3, 0.4) is 0 Å². The Morgan fingerprint density at radius 1 is 1.15 bits per heavy atom. The van der Waals surface area contributed by atoms with Crippen molar-refractivity contribution in [2.75, 3.05) is 5.32 Å². The molecular weight excluding hydrogens is 362 g/mol. The Kier molecular flexibility index (Phi) is 7.52. The fourth-order valence-electron chi connectivity index (χ4n) is 2.87. The van der Waals surface area contributed by atoms with Crippen LogP contribution in [0.5, 0.6) is 0 Å². The van der Waals surface area contributed by atoms with E-state index < -0.39 is 0 Å². The van der Waals surface area contributed by atoms with Crippen molar-refractivity contribution in [2.45, 2.75) is 32.2 Å². The molecule has 1 heterocycles. The van der Waals surface area contributed by atoms with Crippen molar-refractivity contribution in [1.29, 1.82) is 0 Å². The van der Waals surface area contributed by atoms with Crippen LogP contribution < -0.4 is 11.1 Å². The van der Waals surface area contributed by atoms with Crippen LogP contribution >= 0.6 is 12.4 Å². The van der Waals surface area contributed by atoms with E-state index in [9.17, 15) is 4.79 Å². The van der Waals surface area contributed by atoms with Gasteiger partial charge in [-0.05, 0) is 36.2 Å². The number of nitrogens with one attached hydrogen (secondary N) is 2. The molecule has 3 aromatic rings. The molecule has 0 fully saturated rings. The van der Waals surface area contributed by atoms with Gasteiger partial charge in [0.15, 0.2) is 5.82 Å². The van der Waals surface area contributed by atoms with Gasteiger partial charge in [-0.2, -0.15) is 5.10 Å². The van der Waals surface area contributed by atoms with Crippen LogP contribution in [-0.4, -0.2) is 21.1 Å². The van der Waals surface area contributed by atoms with E-state index in [4.69, 9.17) is 5.73 Å². The van der Waals surface area contributed by atoms with Gasteiger partial charge in [-0.25, -0.2) is 4.98 Å². The number of nitrogens with zero attached hydrogens (tertiary/aromatic N) is 2. The molecule has 27 heavy (non-hydrogen) atoms. The van der Waals surface area contributed by atoms with Gasteiger partial charge in [0.05, 0.1) is 12.5 Å². The molecule has 142 valence electrons. The van der Waals surface area contributed by atoms with Gasteiger partial charge in [-0.1, -0.05) is 43.7 Å². The van der Waals surface area contributed by atoms with Gasteiger partial charge in [0.2, 0.25) is 5.91 Å². The number of rotatable bonds is 7. The van der Waals surface area contributed by atoms with E-state index in [1.807, 2.05) is 54.6 Å². The molecule has 6 nitrogen and oxygen atoms in total. The first kappa shape index (κ1) is 20.6. The molecule has 1 aromatic heterocycles. The molecule has 0 aliphatic carbocycles. The molecule has 4 N–H and O–H groups in total. The molecule has 0 saturated carbocycles. The van der Waals surface area contributed by atoms with Gasteiger partial charge in [0, 0.05) is 11.3 Å². The SMILES string of the molecule is CCCC(C(=O)Nc1ccc(-c2n[nH]c(CN)n2)cc1)c1ccccc1.Cl. The first-order valence-electron chi connectivity index (χ1n) is 8.79. The minimum absolute atomic E-state index is 0. The molecule has 0 spiro atoms. The van der Waals surface area contributed by atoms with Gasteiger partial charge in [-0.15, -0.1) is 12.4 Å². The van der Waals surface area contributed by atoms with E-state index in [2.05, 4.69) is 27.4 Å². The molecule has 0 aliphatic heterocycles. The van der Waals surface area contributed by atoms with Crippen LogP contribution in [0, 0.1) is 0 Å². The predicted octanol–water partition coefficient (Wildman–Crippen LogP) is 3.87. The first-order valence-corrected chi connectivity index (χ1v) is 8.79. The van der Waals surface area contributed by atoms with E-state index in [-0.39, 0.29) is 24.2 Å². The van der Waals surface area contributed by atoms with Gasteiger partial charge in [0.1, 0.15) is 5.82 Å². The molecule has 1 atom stereocenters. The number of halogens is 1. The second kappa shape index (κ2) is 9.85. The Morgan fingerprint density at radius 3 is 2.44 bits per heavy atom. The van der Waals surface area contributed by atoms with Crippen molar-refractivity contribution in [2.24, 2.45) is 5.73 Å². The summed E-state index contributed by atoms with van der Waals surface area (Å²) in [6, 6.07) is 17.4. The van der Waals surface area contributed by atoms with Gasteiger partial charge in [0.25, 0.3) is 0 Å². The summed E-state index contributed by atoms with van der Waals surface area (Å²) in [5.74, 6) is 1.09. The van der Waals surface area contributed by atoms with Gasteiger partial charge >= 0.3 is 0 Å². The number of hydrogen-bond acceptors (Lipinski definition) is 4. The summed E-state index contributed by atoms with van der Waals surface area (Å²) in [6.45, 7) is 2.41. The Labute approximate surface area is 165 Å². The van der Waals surface area contributed by atoms with Crippen LogP contribution in [0.2, 0.25) is 0 Å². The normalized spacial score (nSPS) is 11.5. The van der Waals surface area contributed by atoms with Crippen LogP contribution in [0.25, 0.3) is 11.4 Å². The van der Waals surface area contributed by atoms with E-state index in [1.165, 1.54) is 0 Å². The number of benzene rings is 2. The number of amides is 1. The van der Waals surface area contributed by atoms with Crippen LogP contribution in [-0.2, 0) is 11.3 Å². The lowest BCUT2D eigenvalue weighted by molar-refractivity contribution is -0.117. The van der Waals surface area contributed by atoms with Crippen LogP contribution in [0.1, 0.15) is 37.1 Å². The maximum atomic E-state index is 12.7. The average molecular weight is 386 g/mol. The third-order valence-electron chi connectivity index (χ3n) is 4.23. The van der Waals surface area contributed by atoms with E-state index in [0.717, 1.165) is 29.7 Å². The second-order valence-corrected chi connectivity index (χ2v) is 6.13. The number of anilines is 1. The molecule has 1 amide bonds. The van der Waals surface area contributed by atoms with E-state index in [0.29, 0.717) is 18.2 Å². The Balaban J connectivity index is 0.00000261. The molecule has 2 aromatic carbocycles. The number of aromatic nitrogens is 3. The zero-order valence-corrected chi connectivity index (χ0v) is 16.0. The Bertz CT molecular complexity index is 848. The zero-order valence-electron chi connectivity index (χ0n) is 15.2. The van der Waals surface area contributed by atoms with Crippen molar-refractivity contribution in [1.82, 2.24) is 15.2 Å². The summed E-state index contributed by atoms with van der Waals surface area (Å²) in [5.41, 5.74) is 8.20. The maximum absolute atomic E-state index is 12.7. The van der Waals surface area contributed by atoms with Crippen LogP contribution in [0.4, 0.5) is 5.69 Å². The Hall–Kier alpha value is -2.70. The summed E-state index contributed by atoms with van der Waals surface area (Å²) in [7, 11) is 0. The molecular formula is C20H24ClN5O. The highest BCUT2D eigenvalue weighted by Gasteiger charge is 2.19. The summed E-state index contributed by atoms with van der Waals surface area (Å²) in [6.07, 6.45) is 1.76. The molecule has 0 radical (unpaired) electrons. The van der Waals surface area contributed by atoms with E-state index >= 15 is 0 Å². The average Bonchev–Trinajstić information content (AvgIpc) is 3.16. The fraction of sp³-hybridized carbons (Fsp3) is 0.250. The fourth-order valence-corrected chi connectivity index (χ4v) is 2.87. The highest BCUT2D eigenvalue weighted by molar-refractivity contribution is 5.96. The van der Waals surface area contributed by atoms with Crippen molar-refractivity contribution in [3.8, 4) is 11.4 Å². The van der Waals surface area contributed by atoms with Crippen molar-refractivity contribution >= 4 is 24.0 Å². The Morgan fingerprint density at radius 2 is 1.85 bits per heavy atom. The molecule has 0 aliphatic rings. The third-order valence-corrected chi connectivity index (χ3v) is 4.23. The molecule has 1 unspecified atom stereocenters. The molecule has 7 heteroatoms. The lowest BCUT2D eigenvalue weighted by atomic mass is 9.93. The standard InChI is InChI=1S/C20H23N5O.ClH/c1-2-6-17(14-7-4-3-5-8-14)20(26)22-16-11-9-15(10-12-16)19-23-18(13-21)24-25-19;/h3-5,7-12,17H,2,6,13,21H2,1H3,(H,22,26)(H,23,24,25);1H. The number of H-pyrrole nitrogens is 1. The van der Waals surface area contributed by atoms with Crippen molar-refractivity contribution in [3.05, 3.63) is 66.0 Å². The lowest BCUT2D eigenvalue weighted by Gasteiger charge is -2.16. The minimum atomic E-state index is -0.152. The molecule has 3 rings (SSSR count). The van der Waals surface area contributed by atoms with Crippen molar-refractivity contribution < 1.29 is 4.79 Å². The highest BCUT2D eigenvalue weighted by Crippen LogP contribution is 2.24.